The number of nitrogens with one attached hydrogen (secondary N) is 1. The minimum atomic E-state index is 0.780. The zero-order chi connectivity index (χ0) is 13.2. The Bertz CT molecular complexity index is 700. The summed E-state index contributed by atoms with van der Waals surface area (Å²) in [4.78, 5) is 9.01. The van der Waals surface area contributed by atoms with E-state index in [9.17, 15) is 0 Å². The summed E-state index contributed by atoms with van der Waals surface area (Å²) < 4.78 is 2.06. The van der Waals surface area contributed by atoms with Crippen molar-refractivity contribution in [2.75, 3.05) is 0 Å². The van der Waals surface area contributed by atoms with Crippen LogP contribution in [0.5, 0.6) is 0 Å². The summed E-state index contributed by atoms with van der Waals surface area (Å²) in [5.74, 6) is 1.70. The van der Waals surface area contributed by atoms with Crippen molar-refractivity contribution >= 4 is 17.4 Å². The fourth-order valence-electron chi connectivity index (χ4n) is 1.91. The zero-order valence-corrected chi connectivity index (χ0v) is 11.7. The fraction of sp³-hybridized carbons (Fsp3) is 0.308. The van der Waals surface area contributed by atoms with E-state index in [0.29, 0.717) is 0 Å². The third kappa shape index (κ3) is 2.49. The Hall–Kier alpha value is -1.82. The van der Waals surface area contributed by atoms with E-state index >= 15 is 0 Å². The lowest BCUT2D eigenvalue weighted by Gasteiger charge is -1.94. The summed E-state index contributed by atoms with van der Waals surface area (Å²) in [5.41, 5.74) is 3.24. The Morgan fingerprint density at radius 1 is 1.37 bits per heavy atom. The quantitative estimate of drug-likeness (QED) is 0.742. The molecule has 0 saturated heterocycles. The number of fused-ring (bicyclic) bond motifs is 1. The molecule has 6 heteroatoms. The van der Waals surface area contributed by atoms with Gasteiger partial charge in [-0.15, -0.1) is 5.10 Å². The molecule has 3 heterocycles. The molecule has 0 aromatic carbocycles. The van der Waals surface area contributed by atoms with Crippen LogP contribution in [0.1, 0.15) is 24.0 Å². The summed E-state index contributed by atoms with van der Waals surface area (Å²) >= 11 is 1.60. The monoisotopic (exact) mass is 273 g/mol. The maximum absolute atomic E-state index is 4.63. The second kappa shape index (κ2) is 5.05. The molecule has 3 rings (SSSR count). The molecule has 3 aromatic rings. The highest BCUT2D eigenvalue weighted by molar-refractivity contribution is 7.98. The van der Waals surface area contributed by atoms with Crippen molar-refractivity contribution in [3.63, 3.8) is 0 Å². The lowest BCUT2D eigenvalue weighted by molar-refractivity contribution is 0.941. The third-order valence-electron chi connectivity index (χ3n) is 2.92. The van der Waals surface area contributed by atoms with Crippen LogP contribution in [-0.2, 0) is 12.2 Å². The van der Waals surface area contributed by atoms with Crippen LogP contribution < -0.4 is 0 Å². The van der Waals surface area contributed by atoms with Crippen molar-refractivity contribution in [3.05, 3.63) is 41.6 Å². The van der Waals surface area contributed by atoms with Gasteiger partial charge in [-0.25, -0.2) is 9.97 Å². The molecule has 1 N–H and O–H groups in total. The highest BCUT2D eigenvalue weighted by atomic mass is 32.2. The fourth-order valence-corrected chi connectivity index (χ4v) is 2.61. The minimum Gasteiger partial charge on any atom is -0.307 e. The van der Waals surface area contributed by atoms with Crippen LogP contribution in [0.3, 0.4) is 0 Å². The van der Waals surface area contributed by atoms with Gasteiger partial charge >= 0.3 is 0 Å². The number of imidazole rings is 1. The Balaban J connectivity index is 1.76. The highest BCUT2D eigenvalue weighted by Gasteiger charge is 2.07. The smallest absolute Gasteiger partial charge is 0.208 e. The van der Waals surface area contributed by atoms with Gasteiger partial charge in [0.25, 0.3) is 0 Å². The first-order valence-corrected chi connectivity index (χ1v) is 7.22. The Morgan fingerprint density at radius 3 is 3.00 bits per heavy atom. The number of aromatic amines is 1. The van der Waals surface area contributed by atoms with Crippen LogP contribution in [0, 0.1) is 6.92 Å². The minimum absolute atomic E-state index is 0.780. The molecule has 0 fully saturated rings. The number of pyridine rings is 1. The first-order chi connectivity index (χ1) is 9.26. The standard InChI is InChI=1S/C13H15N5S/c1-3-11-15-13(17-16-11)19-8-10-7-18-6-4-5-9(2)12(18)14-10/h4-7H,3,8H2,1-2H3,(H,15,16,17). The molecule has 5 nitrogen and oxygen atoms in total. The largest absolute Gasteiger partial charge is 0.307 e. The van der Waals surface area contributed by atoms with Crippen LogP contribution >= 0.6 is 11.8 Å². The summed E-state index contributed by atoms with van der Waals surface area (Å²) in [6, 6.07) is 4.10. The van der Waals surface area contributed by atoms with E-state index in [4.69, 9.17) is 0 Å². The molecule has 0 unspecified atom stereocenters. The predicted octanol–water partition coefficient (Wildman–Crippen LogP) is 2.62. The van der Waals surface area contributed by atoms with Crippen LogP contribution in [-0.4, -0.2) is 24.6 Å². The van der Waals surface area contributed by atoms with Crippen molar-refractivity contribution in [2.45, 2.75) is 31.2 Å². The molecule has 0 aliphatic carbocycles. The lowest BCUT2D eigenvalue weighted by atomic mass is 10.3. The zero-order valence-electron chi connectivity index (χ0n) is 10.9. The summed E-state index contributed by atoms with van der Waals surface area (Å²) in [5, 5.41) is 7.87. The average molecular weight is 273 g/mol. The number of H-pyrrole nitrogens is 1. The van der Waals surface area contributed by atoms with Gasteiger partial charge < -0.3 is 4.40 Å². The van der Waals surface area contributed by atoms with E-state index in [2.05, 4.69) is 50.7 Å². The van der Waals surface area contributed by atoms with E-state index < -0.39 is 0 Å². The van der Waals surface area contributed by atoms with E-state index in [1.807, 2.05) is 12.3 Å². The van der Waals surface area contributed by atoms with Crippen LogP contribution in [0.25, 0.3) is 5.65 Å². The Morgan fingerprint density at radius 2 is 2.26 bits per heavy atom. The number of hydrogen-bond acceptors (Lipinski definition) is 4. The topological polar surface area (TPSA) is 58.9 Å². The van der Waals surface area contributed by atoms with Crippen LogP contribution in [0.4, 0.5) is 0 Å². The molecule has 0 spiro atoms. The Kier molecular flexibility index (Phi) is 3.25. The third-order valence-corrected chi connectivity index (χ3v) is 3.80. The van der Waals surface area contributed by atoms with E-state index in [-0.39, 0.29) is 0 Å². The van der Waals surface area contributed by atoms with Crippen molar-refractivity contribution in [1.82, 2.24) is 24.6 Å². The van der Waals surface area contributed by atoms with Crippen LogP contribution in [0.2, 0.25) is 0 Å². The maximum atomic E-state index is 4.63. The molecule has 0 amide bonds. The molecular weight excluding hydrogens is 258 g/mol. The molecule has 98 valence electrons. The van der Waals surface area contributed by atoms with Gasteiger partial charge in [-0.3, -0.25) is 5.10 Å². The van der Waals surface area contributed by atoms with Gasteiger partial charge in [-0.05, 0) is 18.6 Å². The number of aryl methyl sites for hydroxylation is 2. The molecule has 0 aliphatic heterocycles. The van der Waals surface area contributed by atoms with Gasteiger partial charge in [-0.2, -0.15) is 0 Å². The molecule has 0 atom stereocenters. The van der Waals surface area contributed by atoms with E-state index in [1.165, 1.54) is 5.56 Å². The van der Waals surface area contributed by atoms with Gasteiger partial charge in [0.1, 0.15) is 11.5 Å². The molecule has 0 radical (unpaired) electrons. The molecule has 0 bridgehead atoms. The number of nitrogens with zero attached hydrogens (tertiary/aromatic N) is 4. The SMILES string of the molecule is CCc1nc(SCc2cn3cccc(C)c3n2)n[nH]1. The van der Waals surface area contributed by atoms with Crippen molar-refractivity contribution in [1.29, 1.82) is 0 Å². The second-order valence-electron chi connectivity index (χ2n) is 4.36. The first-order valence-electron chi connectivity index (χ1n) is 6.23. The Labute approximate surface area is 115 Å². The number of aromatic nitrogens is 5. The van der Waals surface area contributed by atoms with Crippen molar-refractivity contribution < 1.29 is 0 Å². The van der Waals surface area contributed by atoms with E-state index in [0.717, 1.165) is 34.5 Å². The number of thioether (sulfide) groups is 1. The highest BCUT2D eigenvalue weighted by Crippen LogP contribution is 2.19. The molecule has 0 aliphatic rings. The molecule has 19 heavy (non-hydrogen) atoms. The summed E-state index contributed by atoms with van der Waals surface area (Å²) in [7, 11) is 0. The van der Waals surface area contributed by atoms with Gasteiger partial charge in [0.2, 0.25) is 5.16 Å². The predicted molar refractivity (Wildman–Crippen MR) is 75.3 cm³/mol. The molecular formula is C13H15N5S. The normalized spacial score (nSPS) is 11.3. The summed E-state index contributed by atoms with van der Waals surface area (Å²) in [6.07, 6.45) is 4.95. The molecule has 3 aromatic heterocycles. The van der Waals surface area contributed by atoms with Gasteiger partial charge in [0.05, 0.1) is 5.69 Å². The maximum Gasteiger partial charge on any atom is 0.208 e. The van der Waals surface area contributed by atoms with Crippen molar-refractivity contribution in [3.8, 4) is 0 Å². The first kappa shape index (κ1) is 12.2. The summed E-state index contributed by atoms with van der Waals surface area (Å²) in [6.45, 7) is 4.13. The van der Waals surface area contributed by atoms with Gasteiger partial charge in [-0.1, -0.05) is 24.8 Å². The van der Waals surface area contributed by atoms with Crippen molar-refractivity contribution in [2.24, 2.45) is 0 Å². The lowest BCUT2D eigenvalue weighted by Crippen LogP contribution is -1.84. The van der Waals surface area contributed by atoms with Crippen LogP contribution in [0.15, 0.2) is 29.7 Å². The molecule has 0 saturated carbocycles. The number of rotatable bonds is 4. The van der Waals surface area contributed by atoms with Gasteiger partial charge in [0, 0.05) is 24.6 Å². The average Bonchev–Trinajstić information content (AvgIpc) is 3.03. The second-order valence-corrected chi connectivity index (χ2v) is 5.30. The number of hydrogen-bond donors (Lipinski definition) is 1. The van der Waals surface area contributed by atoms with Gasteiger partial charge in [0.15, 0.2) is 0 Å². The van der Waals surface area contributed by atoms with E-state index in [1.54, 1.807) is 11.8 Å².